The number of Topliss-reactive ketones (excluding diaryl/α,β-unsaturated/α-hetero) is 1. The maximum Gasteiger partial charge on any atom is 0.337 e. The number of carbonyl (C=O) groups is 2. The molecule has 3 rings (SSSR count). The smallest absolute Gasteiger partial charge is 0.337 e. The van der Waals surface area contributed by atoms with E-state index in [1.54, 1.807) is 6.07 Å². The van der Waals surface area contributed by atoms with Crippen molar-refractivity contribution in [3.05, 3.63) is 35.5 Å². The zero-order chi connectivity index (χ0) is 15.0. The Balaban J connectivity index is 2.05. The van der Waals surface area contributed by atoms with Gasteiger partial charge in [-0.2, -0.15) is 0 Å². The Kier molecular flexibility index (Phi) is 3.53. The highest BCUT2D eigenvalue weighted by molar-refractivity contribution is 5.96. The number of benzene rings is 1. The molecule has 1 fully saturated rings. The number of aromatic nitrogens is 1. The number of esters is 1. The van der Waals surface area contributed by atoms with E-state index in [1.165, 1.54) is 12.7 Å². The third-order valence-electron chi connectivity index (χ3n) is 4.42. The summed E-state index contributed by atoms with van der Waals surface area (Å²) in [5.74, 6) is 0.451. The molecule has 0 aliphatic heterocycles. The first-order chi connectivity index (χ1) is 10.1. The van der Waals surface area contributed by atoms with Crippen LogP contribution in [-0.2, 0) is 16.6 Å². The van der Waals surface area contributed by atoms with Gasteiger partial charge in [0.1, 0.15) is 5.78 Å². The van der Waals surface area contributed by atoms with E-state index >= 15 is 0 Å². The minimum Gasteiger partial charge on any atom is -0.465 e. The first kappa shape index (κ1) is 13.9. The average Bonchev–Trinajstić information content (AvgIpc) is 2.84. The van der Waals surface area contributed by atoms with Crippen LogP contribution >= 0.6 is 0 Å². The van der Waals surface area contributed by atoms with Gasteiger partial charge in [-0.1, -0.05) is 0 Å². The molecule has 0 radical (unpaired) electrons. The van der Waals surface area contributed by atoms with Crippen molar-refractivity contribution in [2.45, 2.75) is 31.6 Å². The molecule has 1 aliphatic rings. The first-order valence-electron chi connectivity index (χ1n) is 7.29. The highest BCUT2D eigenvalue weighted by atomic mass is 16.5. The molecule has 0 saturated heterocycles. The first-order valence-corrected chi connectivity index (χ1v) is 7.29. The molecule has 1 aliphatic carbocycles. The lowest BCUT2D eigenvalue weighted by Crippen LogP contribution is -2.12. The van der Waals surface area contributed by atoms with Gasteiger partial charge in [-0.05, 0) is 42.5 Å². The molecule has 0 N–H and O–H groups in total. The zero-order valence-electron chi connectivity index (χ0n) is 12.4. The van der Waals surface area contributed by atoms with Gasteiger partial charge < -0.3 is 9.30 Å². The van der Waals surface area contributed by atoms with Gasteiger partial charge in [0.05, 0.1) is 12.7 Å². The highest BCUT2D eigenvalue weighted by Gasteiger charge is 2.23. The molecular formula is C17H19NO3. The number of ether oxygens (including phenoxy) is 1. The summed E-state index contributed by atoms with van der Waals surface area (Å²) in [5.41, 5.74) is 2.92. The number of aryl methyl sites for hydroxylation is 1. The van der Waals surface area contributed by atoms with E-state index < -0.39 is 0 Å². The van der Waals surface area contributed by atoms with E-state index in [2.05, 4.69) is 10.8 Å². The van der Waals surface area contributed by atoms with Gasteiger partial charge in [0.15, 0.2) is 0 Å². The molecule has 21 heavy (non-hydrogen) atoms. The van der Waals surface area contributed by atoms with E-state index in [4.69, 9.17) is 4.74 Å². The van der Waals surface area contributed by atoms with Gasteiger partial charge >= 0.3 is 5.97 Å². The summed E-state index contributed by atoms with van der Waals surface area (Å²) >= 11 is 0. The van der Waals surface area contributed by atoms with Crippen LogP contribution in [0.4, 0.5) is 0 Å². The molecule has 0 bridgehead atoms. The fraction of sp³-hybridized carbons (Fsp3) is 0.412. The molecule has 2 aromatic rings. The molecule has 4 nitrogen and oxygen atoms in total. The van der Waals surface area contributed by atoms with E-state index in [0.717, 1.165) is 23.7 Å². The van der Waals surface area contributed by atoms with Crippen molar-refractivity contribution in [3.8, 4) is 0 Å². The number of ketones is 1. The predicted octanol–water partition coefficient (Wildman–Crippen LogP) is 3.19. The maximum absolute atomic E-state index is 11.7. The summed E-state index contributed by atoms with van der Waals surface area (Å²) in [4.78, 5) is 23.1. The molecule has 1 aromatic carbocycles. The van der Waals surface area contributed by atoms with Crippen molar-refractivity contribution in [2.75, 3.05) is 7.11 Å². The zero-order valence-corrected chi connectivity index (χ0v) is 12.4. The minimum atomic E-state index is -0.314. The Labute approximate surface area is 123 Å². The Morgan fingerprint density at radius 3 is 2.67 bits per heavy atom. The normalized spacial score (nSPS) is 16.4. The van der Waals surface area contributed by atoms with Gasteiger partial charge in [-0.15, -0.1) is 0 Å². The fourth-order valence-electron chi connectivity index (χ4n) is 3.24. The van der Waals surface area contributed by atoms with Crippen molar-refractivity contribution in [3.63, 3.8) is 0 Å². The second-order valence-corrected chi connectivity index (χ2v) is 5.73. The van der Waals surface area contributed by atoms with Gasteiger partial charge in [0.2, 0.25) is 0 Å². The number of hydrogen-bond acceptors (Lipinski definition) is 3. The molecule has 0 atom stereocenters. The largest absolute Gasteiger partial charge is 0.465 e. The quantitative estimate of drug-likeness (QED) is 0.796. The van der Waals surface area contributed by atoms with Gasteiger partial charge in [0, 0.05) is 37.0 Å². The predicted molar refractivity (Wildman–Crippen MR) is 80.5 cm³/mol. The number of hydrogen-bond donors (Lipinski definition) is 0. The Bertz CT molecular complexity index is 704. The van der Waals surface area contributed by atoms with Crippen LogP contribution in [0.2, 0.25) is 0 Å². The van der Waals surface area contributed by atoms with E-state index in [1.807, 2.05) is 19.2 Å². The van der Waals surface area contributed by atoms with Crippen LogP contribution in [0.3, 0.4) is 0 Å². The average molecular weight is 285 g/mol. The second kappa shape index (κ2) is 5.35. The van der Waals surface area contributed by atoms with Crippen molar-refractivity contribution >= 4 is 22.7 Å². The van der Waals surface area contributed by atoms with Gasteiger partial charge in [-0.25, -0.2) is 4.79 Å². The minimum absolute atomic E-state index is 0.314. The summed E-state index contributed by atoms with van der Waals surface area (Å²) in [7, 11) is 3.41. The summed E-state index contributed by atoms with van der Waals surface area (Å²) < 4.78 is 6.89. The molecule has 1 saturated carbocycles. The molecule has 0 spiro atoms. The number of nitrogens with zero attached hydrogens (tertiary/aromatic N) is 1. The van der Waals surface area contributed by atoms with Crippen molar-refractivity contribution < 1.29 is 14.3 Å². The number of fused-ring (bicyclic) bond motifs is 1. The monoisotopic (exact) mass is 285 g/mol. The van der Waals surface area contributed by atoms with Crippen molar-refractivity contribution in [1.29, 1.82) is 0 Å². The fourth-order valence-corrected chi connectivity index (χ4v) is 3.24. The van der Waals surface area contributed by atoms with Crippen LogP contribution in [0.25, 0.3) is 10.9 Å². The molecule has 0 amide bonds. The summed E-state index contributed by atoms with van der Waals surface area (Å²) in [6.45, 7) is 0. The van der Waals surface area contributed by atoms with E-state index in [-0.39, 0.29) is 5.97 Å². The molecule has 1 heterocycles. The SMILES string of the molecule is COC(=O)c1ccc2c(c1)c(C1CCC(=O)CC1)cn2C. The van der Waals surface area contributed by atoms with Crippen LogP contribution in [0.1, 0.15) is 47.5 Å². The third kappa shape index (κ3) is 2.46. The summed E-state index contributed by atoms with van der Waals surface area (Å²) in [5, 5.41) is 1.10. The van der Waals surface area contributed by atoms with Crippen LogP contribution in [0.5, 0.6) is 0 Å². The molecule has 110 valence electrons. The maximum atomic E-state index is 11.7. The molecular weight excluding hydrogens is 266 g/mol. The Hall–Kier alpha value is -2.10. The van der Waals surface area contributed by atoms with Crippen molar-refractivity contribution in [1.82, 2.24) is 4.57 Å². The van der Waals surface area contributed by atoms with E-state index in [9.17, 15) is 9.59 Å². The van der Waals surface area contributed by atoms with E-state index in [0.29, 0.717) is 30.1 Å². The Morgan fingerprint density at radius 1 is 1.29 bits per heavy atom. The molecule has 0 unspecified atom stereocenters. The summed E-state index contributed by atoms with van der Waals surface area (Å²) in [6, 6.07) is 5.66. The number of carbonyl (C=O) groups excluding carboxylic acids is 2. The van der Waals surface area contributed by atoms with Crippen molar-refractivity contribution in [2.24, 2.45) is 7.05 Å². The highest BCUT2D eigenvalue weighted by Crippen LogP contribution is 2.36. The second-order valence-electron chi connectivity index (χ2n) is 5.73. The summed E-state index contributed by atoms with van der Waals surface area (Å²) in [6.07, 6.45) is 5.27. The topological polar surface area (TPSA) is 48.3 Å². The lowest BCUT2D eigenvalue weighted by Gasteiger charge is -2.20. The number of methoxy groups -OCH3 is 1. The van der Waals surface area contributed by atoms with Gasteiger partial charge in [-0.3, -0.25) is 4.79 Å². The van der Waals surface area contributed by atoms with Crippen LogP contribution in [0.15, 0.2) is 24.4 Å². The lowest BCUT2D eigenvalue weighted by molar-refractivity contribution is -0.120. The Morgan fingerprint density at radius 2 is 2.00 bits per heavy atom. The van der Waals surface area contributed by atoms with Gasteiger partial charge in [0.25, 0.3) is 0 Å². The van der Waals surface area contributed by atoms with Crippen LogP contribution in [0, 0.1) is 0 Å². The third-order valence-corrected chi connectivity index (χ3v) is 4.42. The standard InChI is InChI=1S/C17H19NO3/c1-18-10-15(11-3-6-13(19)7-4-11)14-9-12(17(20)21-2)5-8-16(14)18/h5,8-11H,3-4,6-7H2,1-2H3. The lowest BCUT2D eigenvalue weighted by atomic mass is 9.83. The van der Waals surface area contributed by atoms with Crippen LogP contribution in [-0.4, -0.2) is 23.4 Å². The molecule has 4 heteroatoms. The van der Waals surface area contributed by atoms with Crippen LogP contribution < -0.4 is 0 Å². The molecule has 1 aromatic heterocycles. The number of rotatable bonds is 2.